The van der Waals surface area contributed by atoms with Gasteiger partial charge in [-0.2, -0.15) is 26.9 Å². The van der Waals surface area contributed by atoms with Crippen molar-refractivity contribution in [3.8, 4) is 0 Å². The molecule has 1 rings (SSSR count). The van der Waals surface area contributed by atoms with Gasteiger partial charge in [-0.05, 0) is 24.6 Å². The van der Waals surface area contributed by atoms with Crippen molar-refractivity contribution in [1.29, 1.82) is 0 Å². The lowest BCUT2D eigenvalue weighted by Gasteiger charge is -2.06. The Morgan fingerprint density at radius 1 is 1.32 bits per heavy atom. The second-order valence-electron chi connectivity index (χ2n) is 3.60. The Kier molecular flexibility index (Phi) is 5.14. The van der Waals surface area contributed by atoms with E-state index in [0.717, 1.165) is 18.2 Å². The van der Waals surface area contributed by atoms with Crippen molar-refractivity contribution >= 4 is 11.9 Å². The number of nitrogens with zero attached hydrogens (tertiary/aromatic N) is 2. The van der Waals surface area contributed by atoms with Crippen LogP contribution in [0.2, 0.25) is 0 Å². The maximum absolute atomic E-state index is 13.4. The summed E-state index contributed by atoms with van der Waals surface area (Å²) >= 11 is 0. The number of alkyl halides is 3. The van der Waals surface area contributed by atoms with Crippen molar-refractivity contribution in [3.05, 3.63) is 35.7 Å². The van der Waals surface area contributed by atoms with Gasteiger partial charge in [0.05, 0.1) is 17.7 Å². The quantitative estimate of drug-likeness (QED) is 0.462. The number of aromatic nitrogens is 1. The zero-order valence-electron chi connectivity index (χ0n) is 10.0. The minimum absolute atomic E-state index is 0.218. The number of allylic oxidation sites excluding steroid dienone is 1. The molecule has 0 aromatic carbocycles. The first-order valence-electron chi connectivity index (χ1n) is 5.45. The lowest BCUT2D eigenvalue weighted by atomic mass is 10.2. The van der Waals surface area contributed by atoms with Crippen LogP contribution in [0.15, 0.2) is 23.2 Å². The second kappa shape index (κ2) is 6.40. The monoisotopic (exact) mass is 278 g/mol. The SMILES string of the molecule is CC/C=N\C(=C/CC(F)(F)F)c1ccc(F)nc1F. The Morgan fingerprint density at radius 2 is 2.00 bits per heavy atom. The molecule has 0 bridgehead atoms. The minimum Gasteiger partial charge on any atom is -0.261 e. The lowest BCUT2D eigenvalue weighted by Crippen LogP contribution is -2.05. The van der Waals surface area contributed by atoms with E-state index < -0.39 is 24.5 Å². The molecule has 104 valence electrons. The number of halogens is 5. The first-order valence-corrected chi connectivity index (χ1v) is 5.45. The summed E-state index contributed by atoms with van der Waals surface area (Å²) in [5.74, 6) is -2.24. The van der Waals surface area contributed by atoms with Gasteiger partial charge >= 0.3 is 6.18 Å². The number of aliphatic imine (C=N–C) groups is 1. The second-order valence-corrected chi connectivity index (χ2v) is 3.60. The third-order valence-corrected chi connectivity index (χ3v) is 2.03. The van der Waals surface area contributed by atoms with Gasteiger partial charge in [-0.15, -0.1) is 0 Å². The van der Waals surface area contributed by atoms with Crippen LogP contribution < -0.4 is 0 Å². The van der Waals surface area contributed by atoms with Crippen LogP contribution in [-0.4, -0.2) is 17.4 Å². The summed E-state index contributed by atoms with van der Waals surface area (Å²) in [6.45, 7) is 1.73. The van der Waals surface area contributed by atoms with Gasteiger partial charge in [0.25, 0.3) is 0 Å². The number of rotatable bonds is 4. The minimum atomic E-state index is -4.42. The zero-order chi connectivity index (χ0) is 14.5. The molecule has 1 heterocycles. The summed E-state index contributed by atoms with van der Waals surface area (Å²) in [5.41, 5.74) is -0.487. The van der Waals surface area contributed by atoms with Crippen molar-refractivity contribution in [2.45, 2.75) is 25.9 Å². The fourth-order valence-electron chi connectivity index (χ4n) is 1.24. The molecular formula is C12H11F5N2. The van der Waals surface area contributed by atoms with E-state index in [0.29, 0.717) is 6.42 Å². The van der Waals surface area contributed by atoms with E-state index in [9.17, 15) is 22.0 Å². The normalized spacial score (nSPS) is 13.3. The van der Waals surface area contributed by atoms with E-state index >= 15 is 0 Å². The molecule has 0 aliphatic heterocycles. The first kappa shape index (κ1) is 15.3. The van der Waals surface area contributed by atoms with E-state index in [4.69, 9.17) is 0 Å². The molecule has 0 N–H and O–H groups in total. The van der Waals surface area contributed by atoms with E-state index in [2.05, 4.69) is 9.98 Å². The van der Waals surface area contributed by atoms with Crippen LogP contribution in [0, 0.1) is 11.9 Å². The Labute approximate surface area is 106 Å². The molecule has 7 heteroatoms. The van der Waals surface area contributed by atoms with Crippen LogP contribution in [0.3, 0.4) is 0 Å². The number of hydrogen-bond acceptors (Lipinski definition) is 2. The Hall–Kier alpha value is -1.79. The van der Waals surface area contributed by atoms with Gasteiger partial charge in [-0.1, -0.05) is 6.92 Å². The highest BCUT2D eigenvalue weighted by Gasteiger charge is 2.26. The van der Waals surface area contributed by atoms with Gasteiger partial charge in [0.1, 0.15) is 0 Å². The van der Waals surface area contributed by atoms with Crippen LogP contribution in [0.25, 0.3) is 5.70 Å². The summed E-state index contributed by atoms with van der Waals surface area (Å²) in [6, 6.07) is 1.87. The summed E-state index contributed by atoms with van der Waals surface area (Å²) in [6.07, 6.45) is -3.12. The molecule has 1 aromatic rings. The third kappa shape index (κ3) is 5.15. The predicted molar refractivity (Wildman–Crippen MR) is 61.6 cm³/mol. The van der Waals surface area contributed by atoms with Crippen LogP contribution in [-0.2, 0) is 0 Å². The van der Waals surface area contributed by atoms with Crippen LogP contribution in [0.1, 0.15) is 25.3 Å². The number of hydrogen-bond donors (Lipinski definition) is 0. The van der Waals surface area contributed by atoms with E-state index in [1.54, 1.807) is 6.92 Å². The van der Waals surface area contributed by atoms with Gasteiger partial charge in [-0.25, -0.2) is 0 Å². The topological polar surface area (TPSA) is 25.2 Å². The molecular weight excluding hydrogens is 267 g/mol. The van der Waals surface area contributed by atoms with Gasteiger partial charge in [0.2, 0.25) is 11.9 Å². The molecule has 0 aliphatic carbocycles. The molecule has 1 aromatic heterocycles. The smallest absolute Gasteiger partial charge is 0.261 e. The van der Waals surface area contributed by atoms with E-state index in [1.807, 2.05) is 0 Å². The predicted octanol–water partition coefficient (Wildman–Crippen LogP) is 4.13. The largest absolute Gasteiger partial charge is 0.392 e. The fraction of sp³-hybridized carbons (Fsp3) is 0.333. The van der Waals surface area contributed by atoms with Crippen LogP contribution in [0.4, 0.5) is 22.0 Å². The molecule has 0 unspecified atom stereocenters. The summed E-state index contributed by atoms with van der Waals surface area (Å²) in [4.78, 5) is 6.66. The average molecular weight is 278 g/mol. The highest BCUT2D eigenvalue weighted by atomic mass is 19.4. The van der Waals surface area contributed by atoms with Crippen LogP contribution >= 0.6 is 0 Å². The Balaban J connectivity index is 3.13. The van der Waals surface area contributed by atoms with Gasteiger partial charge in [0, 0.05) is 6.21 Å². The van der Waals surface area contributed by atoms with Crippen molar-refractivity contribution in [2.24, 2.45) is 4.99 Å². The van der Waals surface area contributed by atoms with Crippen molar-refractivity contribution in [2.75, 3.05) is 0 Å². The molecule has 19 heavy (non-hydrogen) atoms. The fourth-order valence-corrected chi connectivity index (χ4v) is 1.24. The summed E-state index contributed by atoms with van der Waals surface area (Å²) in [7, 11) is 0. The van der Waals surface area contributed by atoms with Crippen molar-refractivity contribution in [3.63, 3.8) is 0 Å². The Morgan fingerprint density at radius 3 is 2.53 bits per heavy atom. The van der Waals surface area contributed by atoms with Crippen molar-refractivity contribution < 1.29 is 22.0 Å². The molecule has 0 atom stereocenters. The standard InChI is InChI=1S/C12H11F5N2/c1-2-7-18-9(5-6-12(15,16)17)8-3-4-10(13)19-11(8)14/h3-5,7H,2,6H2,1H3/b9-5-,18-7-. The van der Waals surface area contributed by atoms with Gasteiger partial charge in [-0.3, -0.25) is 4.99 Å². The first-order chi connectivity index (χ1) is 8.83. The average Bonchev–Trinajstić information content (AvgIpc) is 2.29. The number of pyridine rings is 1. The highest BCUT2D eigenvalue weighted by molar-refractivity contribution is 5.73. The zero-order valence-corrected chi connectivity index (χ0v) is 10.0. The summed E-state index contributed by atoms with van der Waals surface area (Å²) in [5, 5.41) is 0. The van der Waals surface area contributed by atoms with E-state index in [1.165, 1.54) is 6.21 Å². The maximum Gasteiger partial charge on any atom is 0.392 e. The summed E-state index contributed by atoms with van der Waals surface area (Å²) < 4.78 is 62.5. The third-order valence-electron chi connectivity index (χ3n) is 2.03. The molecule has 0 amide bonds. The molecule has 2 nitrogen and oxygen atoms in total. The van der Waals surface area contributed by atoms with Gasteiger partial charge in [0.15, 0.2) is 0 Å². The molecule has 0 radical (unpaired) electrons. The maximum atomic E-state index is 13.4. The van der Waals surface area contributed by atoms with E-state index in [-0.39, 0.29) is 11.3 Å². The Bertz CT molecular complexity index is 491. The van der Waals surface area contributed by atoms with Crippen molar-refractivity contribution in [1.82, 2.24) is 4.98 Å². The molecule has 0 saturated carbocycles. The molecule has 0 aliphatic rings. The molecule has 0 spiro atoms. The van der Waals surface area contributed by atoms with Gasteiger partial charge < -0.3 is 0 Å². The lowest BCUT2D eigenvalue weighted by molar-refractivity contribution is -0.124. The highest BCUT2D eigenvalue weighted by Crippen LogP contribution is 2.25. The van der Waals surface area contributed by atoms with Crippen LogP contribution in [0.5, 0.6) is 0 Å². The molecule has 0 fully saturated rings. The molecule has 0 saturated heterocycles.